The van der Waals surface area contributed by atoms with Gasteiger partial charge in [0.2, 0.25) is 0 Å². The van der Waals surface area contributed by atoms with Crippen molar-refractivity contribution in [3.05, 3.63) is 29.3 Å². The van der Waals surface area contributed by atoms with Crippen LogP contribution in [0.4, 0.5) is 5.69 Å². The predicted octanol–water partition coefficient (Wildman–Crippen LogP) is 1.93. The van der Waals surface area contributed by atoms with Crippen molar-refractivity contribution >= 4 is 11.7 Å². The predicted molar refractivity (Wildman–Crippen MR) is 66.9 cm³/mol. The molecule has 0 atom stereocenters. The van der Waals surface area contributed by atoms with Gasteiger partial charge >= 0.3 is 5.97 Å². The number of nitrogens with two attached hydrogens (primary N) is 1. The summed E-state index contributed by atoms with van der Waals surface area (Å²) in [6, 6.07) is 5.45. The molecule has 0 bridgehead atoms. The van der Waals surface area contributed by atoms with Crippen molar-refractivity contribution in [2.75, 3.05) is 20.0 Å². The standard InChI is InChI=1S/C12H15NO2.CH4O/c1-15-12(14)9-5-6-10(11(13)7-9)8-3-2-4-8;1-2/h5-8H,2-4,13H2,1H3;2H,1H3. The van der Waals surface area contributed by atoms with Gasteiger partial charge in [0.25, 0.3) is 0 Å². The fraction of sp³-hybridized carbons (Fsp3) is 0.462. The molecule has 0 aliphatic heterocycles. The Kier molecular flexibility index (Phi) is 4.97. The van der Waals surface area contributed by atoms with Gasteiger partial charge in [-0.2, -0.15) is 0 Å². The van der Waals surface area contributed by atoms with Gasteiger partial charge in [0.1, 0.15) is 0 Å². The lowest BCUT2D eigenvalue weighted by molar-refractivity contribution is 0.0601. The molecule has 0 radical (unpaired) electrons. The SMILES string of the molecule is CO.COC(=O)c1ccc(C2CCC2)c(N)c1. The highest BCUT2D eigenvalue weighted by Gasteiger charge is 2.22. The van der Waals surface area contributed by atoms with Gasteiger partial charge in [0.15, 0.2) is 0 Å². The van der Waals surface area contributed by atoms with Gasteiger partial charge in [-0.15, -0.1) is 0 Å². The lowest BCUT2D eigenvalue weighted by atomic mass is 9.79. The highest BCUT2D eigenvalue weighted by Crippen LogP contribution is 2.39. The van der Waals surface area contributed by atoms with Gasteiger partial charge in [0, 0.05) is 12.8 Å². The third kappa shape index (κ3) is 2.97. The average Bonchev–Trinajstić information content (AvgIpc) is 2.31. The van der Waals surface area contributed by atoms with Crippen LogP contribution in [0.2, 0.25) is 0 Å². The molecule has 1 aromatic rings. The molecule has 1 aromatic carbocycles. The number of anilines is 1. The maximum atomic E-state index is 11.3. The van der Waals surface area contributed by atoms with E-state index >= 15 is 0 Å². The van der Waals surface area contributed by atoms with E-state index in [0.29, 0.717) is 17.2 Å². The van der Waals surface area contributed by atoms with Crippen LogP contribution in [-0.4, -0.2) is 25.3 Å². The monoisotopic (exact) mass is 237 g/mol. The topological polar surface area (TPSA) is 72.5 Å². The summed E-state index contributed by atoms with van der Waals surface area (Å²) in [6.07, 6.45) is 3.70. The van der Waals surface area contributed by atoms with E-state index in [1.807, 2.05) is 6.07 Å². The highest BCUT2D eigenvalue weighted by atomic mass is 16.5. The van der Waals surface area contributed by atoms with E-state index in [1.165, 1.54) is 31.9 Å². The maximum Gasteiger partial charge on any atom is 0.337 e. The van der Waals surface area contributed by atoms with E-state index in [1.54, 1.807) is 12.1 Å². The smallest absolute Gasteiger partial charge is 0.337 e. The van der Waals surface area contributed by atoms with Crippen molar-refractivity contribution in [2.45, 2.75) is 25.2 Å². The van der Waals surface area contributed by atoms with Gasteiger partial charge in [0.05, 0.1) is 12.7 Å². The van der Waals surface area contributed by atoms with E-state index in [2.05, 4.69) is 4.74 Å². The second-order valence-corrected chi connectivity index (χ2v) is 3.96. The summed E-state index contributed by atoms with van der Waals surface area (Å²) in [5, 5.41) is 7.00. The first kappa shape index (κ1) is 13.5. The Morgan fingerprint density at radius 3 is 2.47 bits per heavy atom. The van der Waals surface area contributed by atoms with Crippen LogP contribution in [0.1, 0.15) is 41.1 Å². The number of hydrogen-bond donors (Lipinski definition) is 2. The fourth-order valence-electron chi connectivity index (χ4n) is 1.91. The number of ether oxygens (including phenoxy) is 1. The molecular formula is C13H19NO3. The summed E-state index contributed by atoms with van der Waals surface area (Å²) in [4.78, 5) is 11.3. The van der Waals surface area contributed by atoms with Crippen molar-refractivity contribution in [1.82, 2.24) is 0 Å². The quantitative estimate of drug-likeness (QED) is 0.609. The molecule has 3 N–H and O–H groups in total. The van der Waals surface area contributed by atoms with Crippen LogP contribution in [0.15, 0.2) is 18.2 Å². The summed E-state index contributed by atoms with van der Waals surface area (Å²) < 4.78 is 4.64. The van der Waals surface area contributed by atoms with Crippen molar-refractivity contribution in [3.63, 3.8) is 0 Å². The largest absolute Gasteiger partial charge is 0.465 e. The van der Waals surface area contributed by atoms with Crippen molar-refractivity contribution in [1.29, 1.82) is 0 Å². The molecule has 4 nitrogen and oxygen atoms in total. The number of aliphatic hydroxyl groups excluding tert-OH is 1. The Morgan fingerprint density at radius 1 is 1.41 bits per heavy atom. The zero-order chi connectivity index (χ0) is 12.8. The molecule has 17 heavy (non-hydrogen) atoms. The van der Waals surface area contributed by atoms with E-state index in [-0.39, 0.29) is 5.97 Å². The summed E-state index contributed by atoms with van der Waals surface area (Å²) in [6.45, 7) is 0. The first-order valence-electron chi connectivity index (χ1n) is 5.65. The third-order valence-electron chi connectivity index (χ3n) is 3.05. The van der Waals surface area contributed by atoms with Crippen LogP contribution in [0.3, 0.4) is 0 Å². The Balaban J connectivity index is 0.000000686. The van der Waals surface area contributed by atoms with E-state index < -0.39 is 0 Å². The molecule has 0 aromatic heterocycles. The summed E-state index contributed by atoms with van der Waals surface area (Å²) >= 11 is 0. The number of aliphatic hydroxyl groups is 1. The molecule has 0 amide bonds. The maximum absolute atomic E-state index is 11.3. The van der Waals surface area contributed by atoms with Gasteiger partial charge in [-0.3, -0.25) is 0 Å². The van der Waals surface area contributed by atoms with Crippen molar-refractivity contribution in [3.8, 4) is 0 Å². The second-order valence-electron chi connectivity index (χ2n) is 3.96. The van der Waals surface area contributed by atoms with Gasteiger partial charge in [-0.1, -0.05) is 12.5 Å². The molecular weight excluding hydrogens is 218 g/mol. The van der Waals surface area contributed by atoms with Gasteiger partial charge in [-0.05, 0) is 36.5 Å². The molecule has 0 heterocycles. The first-order valence-corrected chi connectivity index (χ1v) is 5.65. The summed E-state index contributed by atoms with van der Waals surface area (Å²) in [7, 11) is 2.37. The zero-order valence-corrected chi connectivity index (χ0v) is 10.3. The lowest BCUT2D eigenvalue weighted by Gasteiger charge is -2.27. The number of benzene rings is 1. The van der Waals surface area contributed by atoms with Gasteiger partial charge < -0.3 is 15.6 Å². The van der Waals surface area contributed by atoms with Crippen molar-refractivity contribution < 1.29 is 14.6 Å². The van der Waals surface area contributed by atoms with Gasteiger partial charge in [-0.25, -0.2) is 4.79 Å². The number of esters is 1. The molecule has 4 heteroatoms. The molecule has 1 aliphatic rings. The van der Waals surface area contributed by atoms with Crippen LogP contribution >= 0.6 is 0 Å². The van der Waals surface area contributed by atoms with Crippen LogP contribution in [0.25, 0.3) is 0 Å². The number of carbonyl (C=O) groups is 1. The number of carbonyl (C=O) groups excluding carboxylic acids is 1. The van der Waals surface area contributed by atoms with E-state index in [0.717, 1.165) is 7.11 Å². The lowest BCUT2D eigenvalue weighted by Crippen LogP contribution is -2.12. The molecule has 1 fully saturated rings. The van der Waals surface area contributed by atoms with Crippen LogP contribution < -0.4 is 5.73 Å². The Bertz CT molecular complexity index is 386. The molecule has 0 saturated heterocycles. The highest BCUT2D eigenvalue weighted by molar-refractivity contribution is 5.90. The molecule has 1 saturated carbocycles. The molecule has 2 rings (SSSR count). The Labute approximate surface area is 101 Å². The minimum Gasteiger partial charge on any atom is -0.465 e. The average molecular weight is 237 g/mol. The van der Waals surface area contributed by atoms with E-state index in [4.69, 9.17) is 10.8 Å². The minimum absolute atomic E-state index is 0.332. The number of nitrogen functional groups attached to an aromatic ring is 1. The second kappa shape index (κ2) is 6.25. The molecule has 94 valence electrons. The number of hydrogen-bond acceptors (Lipinski definition) is 4. The van der Waals surface area contributed by atoms with Crippen LogP contribution in [0, 0.1) is 0 Å². The minimum atomic E-state index is -0.332. The number of rotatable bonds is 2. The normalized spacial score (nSPS) is 14.3. The zero-order valence-electron chi connectivity index (χ0n) is 10.3. The first-order chi connectivity index (χ1) is 8.22. The summed E-state index contributed by atoms with van der Waals surface area (Å²) in [5.74, 6) is 0.263. The third-order valence-corrected chi connectivity index (χ3v) is 3.05. The van der Waals surface area contributed by atoms with Crippen LogP contribution in [0.5, 0.6) is 0 Å². The van der Waals surface area contributed by atoms with E-state index in [9.17, 15) is 4.79 Å². The van der Waals surface area contributed by atoms with Crippen molar-refractivity contribution in [2.24, 2.45) is 0 Å². The molecule has 0 spiro atoms. The molecule has 1 aliphatic carbocycles. The van der Waals surface area contributed by atoms with Crippen LogP contribution in [-0.2, 0) is 4.74 Å². The molecule has 0 unspecified atom stereocenters. The Hall–Kier alpha value is -1.55. The fourth-order valence-corrected chi connectivity index (χ4v) is 1.91. The number of methoxy groups -OCH3 is 1. The summed E-state index contributed by atoms with van der Waals surface area (Å²) in [5.41, 5.74) is 8.33. The Morgan fingerprint density at radius 2 is 2.06 bits per heavy atom.